The molecule has 0 aliphatic heterocycles. The topological polar surface area (TPSA) is 107 Å². The molecule has 6 nitrogen and oxygen atoms in total. The van der Waals surface area contributed by atoms with E-state index >= 15 is 0 Å². The zero-order valence-electron chi connectivity index (χ0n) is 7.56. The van der Waals surface area contributed by atoms with Gasteiger partial charge in [0, 0.05) is 12.7 Å². The second-order valence-electron chi connectivity index (χ2n) is 2.43. The molecule has 0 heterocycles. The van der Waals surface area contributed by atoms with Gasteiger partial charge in [-0.25, -0.2) is 0 Å². The Balaban J connectivity index is 3.59. The predicted molar refractivity (Wildman–Crippen MR) is 49.7 cm³/mol. The van der Waals surface area contributed by atoms with Crippen LogP contribution in [0.1, 0.15) is 6.92 Å². The highest BCUT2D eigenvalue weighted by Gasteiger charge is 2.13. The maximum atomic E-state index is 10.8. The van der Waals surface area contributed by atoms with Gasteiger partial charge in [0.15, 0.2) is 0 Å². The summed E-state index contributed by atoms with van der Waals surface area (Å²) in [4.78, 5) is 31.3. The lowest BCUT2D eigenvalue weighted by Crippen LogP contribution is -2.32. The van der Waals surface area contributed by atoms with E-state index in [0.29, 0.717) is 0 Å². The fourth-order valence-corrected chi connectivity index (χ4v) is 1.27. The quantitative estimate of drug-likeness (QED) is 0.463. The van der Waals surface area contributed by atoms with Crippen LogP contribution < -0.4 is 5.73 Å². The molecule has 0 rings (SSSR count). The van der Waals surface area contributed by atoms with E-state index in [1.807, 2.05) is 0 Å². The number of ether oxygens (including phenoxy) is 1. The largest absolute Gasteiger partial charge is 0.480 e. The van der Waals surface area contributed by atoms with Crippen molar-refractivity contribution < 1.29 is 24.2 Å². The van der Waals surface area contributed by atoms with Gasteiger partial charge >= 0.3 is 17.9 Å². The first kappa shape index (κ1) is 12.9. The number of hydrogen-bond donors (Lipinski definition) is 2. The fraction of sp³-hybridized carbons (Fsp3) is 0.571. The SMILES string of the molecule is CC(=O)OC(=O)CSC[C@H](N)C(=O)O. The van der Waals surface area contributed by atoms with Crippen molar-refractivity contribution >= 4 is 29.7 Å². The van der Waals surface area contributed by atoms with Gasteiger partial charge in [-0.05, 0) is 0 Å². The third-order valence-electron chi connectivity index (χ3n) is 1.09. The Hall–Kier alpha value is -1.08. The lowest BCUT2D eigenvalue weighted by Gasteiger charge is -2.04. The molecule has 0 aliphatic carbocycles. The molecule has 0 aromatic rings. The summed E-state index contributed by atoms with van der Waals surface area (Å²) in [6, 6.07) is -1.01. The van der Waals surface area contributed by atoms with Crippen LogP contribution in [-0.4, -0.2) is 40.6 Å². The van der Waals surface area contributed by atoms with Crippen LogP contribution in [0, 0.1) is 0 Å². The van der Waals surface area contributed by atoms with Crippen LogP contribution in [0.2, 0.25) is 0 Å². The van der Waals surface area contributed by atoms with Gasteiger partial charge in [-0.2, -0.15) is 0 Å². The Kier molecular flexibility index (Phi) is 5.89. The number of carboxylic acid groups (broad SMARTS) is 1. The molecule has 1 atom stereocenters. The van der Waals surface area contributed by atoms with Crippen molar-refractivity contribution in [1.29, 1.82) is 0 Å². The highest BCUT2D eigenvalue weighted by Crippen LogP contribution is 2.02. The second-order valence-corrected chi connectivity index (χ2v) is 3.46. The van der Waals surface area contributed by atoms with E-state index in [4.69, 9.17) is 10.8 Å². The number of carbonyl (C=O) groups excluding carboxylic acids is 2. The van der Waals surface area contributed by atoms with E-state index in [9.17, 15) is 14.4 Å². The van der Waals surface area contributed by atoms with Gasteiger partial charge in [-0.3, -0.25) is 14.4 Å². The molecule has 0 aromatic heterocycles. The third kappa shape index (κ3) is 6.44. The molecule has 0 spiro atoms. The Labute approximate surface area is 84.8 Å². The normalized spacial score (nSPS) is 11.9. The molecule has 0 saturated heterocycles. The smallest absolute Gasteiger partial charge is 0.323 e. The minimum Gasteiger partial charge on any atom is -0.480 e. The summed E-state index contributed by atoms with van der Waals surface area (Å²) in [6.45, 7) is 1.12. The van der Waals surface area contributed by atoms with E-state index in [0.717, 1.165) is 18.7 Å². The number of esters is 2. The molecular weight excluding hydrogens is 210 g/mol. The summed E-state index contributed by atoms with van der Waals surface area (Å²) >= 11 is 1.01. The lowest BCUT2D eigenvalue weighted by molar-refractivity contribution is -0.156. The van der Waals surface area contributed by atoms with Gasteiger partial charge in [0.2, 0.25) is 0 Å². The number of carbonyl (C=O) groups is 3. The van der Waals surface area contributed by atoms with Crippen LogP contribution in [0.5, 0.6) is 0 Å². The average molecular weight is 221 g/mol. The molecule has 3 N–H and O–H groups in total. The number of hydrogen-bond acceptors (Lipinski definition) is 6. The van der Waals surface area contributed by atoms with E-state index < -0.39 is 23.9 Å². The van der Waals surface area contributed by atoms with Gasteiger partial charge in [0.1, 0.15) is 6.04 Å². The van der Waals surface area contributed by atoms with Crippen molar-refractivity contribution in [3.8, 4) is 0 Å². The van der Waals surface area contributed by atoms with Crippen LogP contribution in [0.3, 0.4) is 0 Å². The molecule has 0 aliphatic rings. The van der Waals surface area contributed by atoms with Crippen molar-refractivity contribution in [3.05, 3.63) is 0 Å². The Morgan fingerprint density at radius 2 is 2.07 bits per heavy atom. The minimum absolute atomic E-state index is 0.0828. The van der Waals surface area contributed by atoms with Crippen LogP contribution in [-0.2, 0) is 19.1 Å². The van der Waals surface area contributed by atoms with Gasteiger partial charge in [-0.1, -0.05) is 0 Å². The zero-order valence-corrected chi connectivity index (χ0v) is 8.37. The summed E-state index contributed by atoms with van der Waals surface area (Å²) in [6.07, 6.45) is 0. The van der Waals surface area contributed by atoms with Gasteiger partial charge in [0.25, 0.3) is 0 Å². The molecule has 0 radical (unpaired) electrons. The Morgan fingerprint density at radius 3 is 2.50 bits per heavy atom. The standard InChI is InChI=1S/C7H11NO5S/c1-4(9)13-6(10)3-14-2-5(8)7(11)12/h5H,2-3,8H2,1H3,(H,11,12)/t5-/m0/s1. The van der Waals surface area contributed by atoms with Crippen molar-refractivity contribution in [1.82, 2.24) is 0 Å². The van der Waals surface area contributed by atoms with Crippen LogP contribution in [0.4, 0.5) is 0 Å². The highest BCUT2D eigenvalue weighted by molar-refractivity contribution is 8.00. The van der Waals surface area contributed by atoms with Crippen molar-refractivity contribution in [3.63, 3.8) is 0 Å². The molecule has 0 fully saturated rings. The average Bonchev–Trinajstić information content (AvgIpc) is 2.02. The van der Waals surface area contributed by atoms with E-state index in [1.54, 1.807) is 0 Å². The lowest BCUT2D eigenvalue weighted by atomic mass is 10.4. The summed E-state index contributed by atoms with van der Waals surface area (Å²) in [5.74, 6) is -2.49. The highest BCUT2D eigenvalue weighted by atomic mass is 32.2. The zero-order chi connectivity index (χ0) is 11.1. The maximum absolute atomic E-state index is 10.8. The summed E-state index contributed by atoms with van der Waals surface area (Å²) in [5, 5.41) is 8.38. The molecule has 0 aromatic carbocycles. The number of aliphatic carboxylic acids is 1. The first-order chi connectivity index (χ1) is 6.43. The number of thioether (sulfide) groups is 1. The molecule has 0 amide bonds. The minimum atomic E-state index is -1.13. The number of carboxylic acids is 1. The molecule has 14 heavy (non-hydrogen) atoms. The molecule has 80 valence electrons. The summed E-state index contributed by atoms with van der Waals surface area (Å²) in [7, 11) is 0. The Bertz CT molecular complexity index is 242. The number of nitrogens with two attached hydrogens (primary N) is 1. The summed E-state index contributed by atoms with van der Waals surface area (Å²) < 4.78 is 4.21. The fourth-order valence-electron chi connectivity index (χ4n) is 0.530. The van der Waals surface area contributed by atoms with E-state index in [2.05, 4.69) is 4.74 Å². The second kappa shape index (κ2) is 6.39. The molecule has 0 unspecified atom stereocenters. The van der Waals surface area contributed by atoms with Gasteiger partial charge in [-0.15, -0.1) is 11.8 Å². The summed E-state index contributed by atoms with van der Waals surface area (Å²) in [5.41, 5.74) is 5.16. The van der Waals surface area contributed by atoms with Crippen LogP contribution in [0.15, 0.2) is 0 Å². The van der Waals surface area contributed by atoms with Crippen molar-refractivity contribution in [2.75, 3.05) is 11.5 Å². The molecule has 0 saturated carbocycles. The molecule has 7 heteroatoms. The number of rotatable bonds is 5. The van der Waals surface area contributed by atoms with Gasteiger partial charge < -0.3 is 15.6 Å². The first-order valence-electron chi connectivity index (χ1n) is 3.71. The van der Waals surface area contributed by atoms with Crippen molar-refractivity contribution in [2.45, 2.75) is 13.0 Å². The van der Waals surface area contributed by atoms with Crippen LogP contribution >= 0.6 is 11.8 Å². The Morgan fingerprint density at radius 1 is 1.50 bits per heavy atom. The van der Waals surface area contributed by atoms with Gasteiger partial charge in [0.05, 0.1) is 5.75 Å². The maximum Gasteiger partial charge on any atom is 0.323 e. The van der Waals surface area contributed by atoms with E-state index in [-0.39, 0.29) is 11.5 Å². The van der Waals surface area contributed by atoms with Crippen LogP contribution in [0.25, 0.3) is 0 Å². The molecular formula is C7H11NO5S. The predicted octanol–water partition coefficient (Wildman–Crippen LogP) is -0.779. The van der Waals surface area contributed by atoms with E-state index in [1.165, 1.54) is 0 Å². The monoisotopic (exact) mass is 221 g/mol. The molecule has 0 bridgehead atoms. The van der Waals surface area contributed by atoms with Crippen molar-refractivity contribution in [2.24, 2.45) is 5.73 Å². The first-order valence-corrected chi connectivity index (χ1v) is 4.86. The third-order valence-corrected chi connectivity index (χ3v) is 2.13.